The summed E-state index contributed by atoms with van der Waals surface area (Å²) in [6.45, 7) is 8.57. The van der Waals surface area contributed by atoms with Crippen LogP contribution < -0.4 is 0 Å². The lowest BCUT2D eigenvalue weighted by atomic mass is 10.00. The van der Waals surface area contributed by atoms with Crippen LogP contribution in [0.3, 0.4) is 0 Å². The van der Waals surface area contributed by atoms with Gasteiger partial charge in [0, 0.05) is 9.75 Å². The van der Waals surface area contributed by atoms with Crippen molar-refractivity contribution < 1.29 is 5.11 Å². The highest BCUT2D eigenvalue weighted by Crippen LogP contribution is 2.30. The van der Waals surface area contributed by atoms with Gasteiger partial charge in [-0.2, -0.15) is 0 Å². The summed E-state index contributed by atoms with van der Waals surface area (Å²) >= 11 is 1.72. The molecule has 0 amide bonds. The standard InChI is InChI=1S/C12H20OS/c1-5-8(2)6-11(13)12-7-9(3)10(4)14-12/h7-8,11,13H,5-6H2,1-4H3. The van der Waals surface area contributed by atoms with E-state index in [9.17, 15) is 5.11 Å². The molecule has 1 N–H and O–H groups in total. The minimum Gasteiger partial charge on any atom is -0.388 e. The normalized spacial score (nSPS) is 15.5. The number of hydrogen-bond donors (Lipinski definition) is 1. The summed E-state index contributed by atoms with van der Waals surface area (Å²) in [6.07, 6.45) is 1.76. The van der Waals surface area contributed by atoms with Crippen LogP contribution in [-0.4, -0.2) is 5.11 Å². The van der Waals surface area contributed by atoms with Crippen molar-refractivity contribution in [2.24, 2.45) is 5.92 Å². The van der Waals surface area contributed by atoms with E-state index in [4.69, 9.17) is 0 Å². The first-order chi connectivity index (χ1) is 6.54. The summed E-state index contributed by atoms with van der Waals surface area (Å²) < 4.78 is 0. The van der Waals surface area contributed by atoms with Crippen molar-refractivity contribution in [3.63, 3.8) is 0 Å². The quantitative estimate of drug-likeness (QED) is 0.804. The van der Waals surface area contributed by atoms with E-state index in [1.54, 1.807) is 11.3 Å². The fourth-order valence-corrected chi connectivity index (χ4v) is 2.47. The number of aryl methyl sites for hydroxylation is 2. The molecular formula is C12H20OS. The molecular weight excluding hydrogens is 192 g/mol. The second-order valence-corrected chi connectivity index (χ2v) is 5.44. The SMILES string of the molecule is CCC(C)CC(O)c1cc(C)c(C)s1. The molecule has 0 aliphatic heterocycles. The van der Waals surface area contributed by atoms with E-state index in [0.29, 0.717) is 5.92 Å². The molecule has 2 atom stereocenters. The molecule has 14 heavy (non-hydrogen) atoms. The van der Waals surface area contributed by atoms with Crippen LogP contribution in [0.25, 0.3) is 0 Å². The molecule has 0 spiro atoms. The molecule has 1 aromatic heterocycles. The Balaban J connectivity index is 2.64. The van der Waals surface area contributed by atoms with E-state index in [1.165, 1.54) is 10.4 Å². The molecule has 0 fully saturated rings. The van der Waals surface area contributed by atoms with E-state index in [2.05, 4.69) is 33.8 Å². The van der Waals surface area contributed by atoms with Gasteiger partial charge in [0.25, 0.3) is 0 Å². The number of aliphatic hydroxyl groups excluding tert-OH is 1. The largest absolute Gasteiger partial charge is 0.388 e. The van der Waals surface area contributed by atoms with Crippen LogP contribution in [0.1, 0.15) is 48.1 Å². The summed E-state index contributed by atoms with van der Waals surface area (Å²) in [4.78, 5) is 2.45. The Hall–Kier alpha value is -0.340. The molecule has 2 heteroatoms. The smallest absolute Gasteiger partial charge is 0.0884 e. The molecule has 1 rings (SSSR count). The maximum Gasteiger partial charge on any atom is 0.0884 e. The monoisotopic (exact) mass is 212 g/mol. The Kier molecular flexibility index (Phi) is 4.14. The molecule has 0 bridgehead atoms. The molecule has 0 saturated carbocycles. The third-order valence-electron chi connectivity index (χ3n) is 2.84. The highest BCUT2D eigenvalue weighted by atomic mass is 32.1. The topological polar surface area (TPSA) is 20.2 Å². The zero-order valence-electron chi connectivity index (χ0n) is 9.50. The second kappa shape index (κ2) is 4.94. The average Bonchev–Trinajstić information content (AvgIpc) is 2.47. The van der Waals surface area contributed by atoms with Gasteiger partial charge in [-0.1, -0.05) is 20.3 Å². The minimum atomic E-state index is -0.262. The van der Waals surface area contributed by atoms with Crippen molar-refractivity contribution in [3.8, 4) is 0 Å². The van der Waals surface area contributed by atoms with E-state index in [1.807, 2.05) is 0 Å². The number of aliphatic hydroxyl groups is 1. The van der Waals surface area contributed by atoms with Crippen LogP contribution in [0, 0.1) is 19.8 Å². The van der Waals surface area contributed by atoms with Crippen LogP contribution >= 0.6 is 11.3 Å². The molecule has 1 nitrogen and oxygen atoms in total. The van der Waals surface area contributed by atoms with Gasteiger partial charge in [0.05, 0.1) is 6.10 Å². The Morgan fingerprint density at radius 1 is 1.43 bits per heavy atom. The highest BCUT2D eigenvalue weighted by molar-refractivity contribution is 7.12. The summed E-state index contributed by atoms with van der Waals surface area (Å²) in [5.41, 5.74) is 1.30. The zero-order chi connectivity index (χ0) is 10.7. The van der Waals surface area contributed by atoms with Crippen molar-refractivity contribution in [3.05, 3.63) is 21.4 Å². The van der Waals surface area contributed by atoms with Crippen LogP contribution in [0.15, 0.2) is 6.07 Å². The van der Waals surface area contributed by atoms with Gasteiger partial charge in [0.1, 0.15) is 0 Å². The minimum absolute atomic E-state index is 0.262. The number of hydrogen-bond acceptors (Lipinski definition) is 2. The fourth-order valence-electron chi connectivity index (χ4n) is 1.43. The van der Waals surface area contributed by atoms with Gasteiger partial charge in [0.2, 0.25) is 0 Å². The van der Waals surface area contributed by atoms with Gasteiger partial charge in [-0.15, -0.1) is 11.3 Å². The fraction of sp³-hybridized carbons (Fsp3) is 0.667. The molecule has 80 valence electrons. The van der Waals surface area contributed by atoms with Crippen molar-refractivity contribution in [2.45, 2.75) is 46.6 Å². The highest BCUT2D eigenvalue weighted by Gasteiger charge is 2.14. The summed E-state index contributed by atoms with van der Waals surface area (Å²) in [5, 5.41) is 9.97. The zero-order valence-corrected chi connectivity index (χ0v) is 10.3. The van der Waals surface area contributed by atoms with Gasteiger partial charge >= 0.3 is 0 Å². The van der Waals surface area contributed by atoms with Crippen LogP contribution in [-0.2, 0) is 0 Å². The summed E-state index contributed by atoms with van der Waals surface area (Å²) in [5.74, 6) is 0.604. The van der Waals surface area contributed by atoms with E-state index in [-0.39, 0.29) is 6.10 Å². The molecule has 0 aliphatic rings. The first kappa shape index (κ1) is 11.7. The number of thiophene rings is 1. The van der Waals surface area contributed by atoms with E-state index >= 15 is 0 Å². The van der Waals surface area contributed by atoms with Crippen molar-refractivity contribution >= 4 is 11.3 Å². The molecule has 0 aliphatic carbocycles. The molecule has 0 saturated heterocycles. The lowest BCUT2D eigenvalue weighted by Crippen LogP contribution is -2.01. The van der Waals surface area contributed by atoms with Crippen LogP contribution in [0.4, 0.5) is 0 Å². The molecule has 1 aromatic rings. The summed E-state index contributed by atoms with van der Waals surface area (Å²) in [7, 11) is 0. The molecule has 0 aromatic carbocycles. The Morgan fingerprint density at radius 3 is 2.50 bits per heavy atom. The lowest BCUT2D eigenvalue weighted by molar-refractivity contribution is 0.150. The maximum absolute atomic E-state index is 9.97. The molecule has 2 unspecified atom stereocenters. The van der Waals surface area contributed by atoms with Gasteiger partial charge in [-0.05, 0) is 37.8 Å². The van der Waals surface area contributed by atoms with Gasteiger partial charge in [0.15, 0.2) is 0 Å². The van der Waals surface area contributed by atoms with Crippen molar-refractivity contribution in [1.29, 1.82) is 0 Å². The Labute approximate surface area is 90.8 Å². The molecule has 1 heterocycles. The predicted octanol–water partition coefficient (Wildman–Crippen LogP) is 3.83. The van der Waals surface area contributed by atoms with Gasteiger partial charge in [-0.25, -0.2) is 0 Å². The third kappa shape index (κ3) is 2.82. The third-order valence-corrected chi connectivity index (χ3v) is 4.09. The van der Waals surface area contributed by atoms with Crippen LogP contribution in [0.2, 0.25) is 0 Å². The maximum atomic E-state index is 9.97. The van der Waals surface area contributed by atoms with Gasteiger partial charge < -0.3 is 5.11 Å². The van der Waals surface area contributed by atoms with E-state index < -0.39 is 0 Å². The number of rotatable bonds is 4. The van der Waals surface area contributed by atoms with Crippen LogP contribution in [0.5, 0.6) is 0 Å². The van der Waals surface area contributed by atoms with Crippen molar-refractivity contribution in [2.75, 3.05) is 0 Å². The van der Waals surface area contributed by atoms with E-state index in [0.717, 1.165) is 17.7 Å². The van der Waals surface area contributed by atoms with Gasteiger partial charge in [-0.3, -0.25) is 0 Å². The first-order valence-corrected chi connectivity index (χ1v) is 6.11. The summed E-state index contributed by atoms with van der Waals surface area (Å²) in [6, 6.07) is 2.12. The Bertz CT molecular complexity index is 271. The first-order valence-electron chi connectivity index (χ1n) is 5.29. The average molecular weight is 212 g/mol. The van der Waals surface area contributed by atoms with Crippen molar-refractivity contribution in [1.82, 2.24) is 0 Å². The Morgan fingerprint density at radius 2 is 2.07 bits per heavy atom. The molecule has 0 radical (unpaired) electrons. The lowest BCUT2D eigenvalue weighted by Gasteiger charge is -2.13. The second-order valence-electron chi connectivity index (χ2n) is 4.15. The predicted molar refractivity (Wildman–Crippen MR) is 62.8 cm³/mol.